The Hall–Kier alpha value is -1.66. The molecule has 2 aliphatic rings. The van der Waals surface area contributed by atoms with E-state index in [2.05, 4.69) is 9.84 Å². The SMILES string of the molecule is Cn1nc(C(=O)N2CCCC[C@H]3CCCC[C@@H]32)cc1OC(F)F. The van der Waals surface area contributed by atoms with Crippen LogP contribution >= 0.6 is 0 Å². The van der Waals surface area contributed by atoms with E-state index in [1.807, 2.05) is 4.90 Å². The molecule has 2 heterocycles. The van der Waals surface area contributed by atoms with Gasteiger partial charge in [-0.15, -0.1) is 0 Å². The predicted molar refractivity (Wildman–Crippen MR) is 80.5 cm³/mol. The molecule has 0 N–H and O–H groups in total. The van der Waals surface area contributed by atoms with Gasteiger partial charge in [-0.2, -0.15) is 13.9 Å². The summed E-state index contributed by atoms with van der Waals surface area (Å²) >= 11 is 0. The van der Waals surface area contributed by atoms with Crippen molar-refractivity contribution < 1.29 is 18.3 Å². The lowest BCUT2D eigenvalue weighted by Gasteiger charge is -2.37. The van der Waals surface area contributed by atoms with Crippen LogP contribution < -0.4 is 4.74 Å². The van der Waals surface area contributed by atoms with Crippen LogP contribution in [-0.2, 0) is 7.05 Å². The molecule has 0 unspecified atom stereocenters. The summed E-state index contributed by atoms with van der Waals surface area (Å²) in [5, 5.41) is 4.07. The lowest BCUT2D eigenvalue weighted by molar-refractivity contribution is -0.0553. The number of rotatable bonds is 3. The minimum Gasteiger partial charge on any atom is -0.417 e. The summed E-state index contributed by atoms with van der Waals surface area (Å²) in [6.07, 6.45) is 7.90. The smallest absolute Gasteiger partial charge is 0.388 e. The van der Waals surface area contributed by atoms with E-state index in [1.165, 1.54) is 37.1 Å². The van der Waals surface area contributed by atoms with E-state index in [1.54, 1.807) is 0 Å². The summed E-state index contributed by atoms with van der Waals surface area (Å²) in [5.41, 5.74) is 0.189. The van der Waals surface area contributed by atoms with Crippen molar-refractivity contribution in [2.45, 2.75) is 57.6 Å². The highest BCUT2D eigenvalue weighted by atomic mass is 19.3. The number of hydrogen-bond donors (Lipinski definition) is 0. The number of alkyl halides is 2. The van der Waals surface area contributed by atoms with Crippen LogP contribution in [0, 0.1) is 5.92 Å². The van der Waals surface area contributed by atoms with Crippen LogP contribution in [0.5, 0.6) is 5.88 Å². The number of fused-ring (bicyclic) bond motifs is 1. The maximum Gasteiger partial charge on any atom is 0.388 e. The number of halogens is 2. The molecule has 1 aliphatic carbocycles. The van der Waals surface area contributed by atoms with Gasteiger partial charge in [-0.1, -0.05) is 19.3 Å². The maximum atomic E-state index is 12.9. The molecule has 2 fully saturated rings. The molecule has 5 nitrogen and oxygen atoms in total. The van der Waals surface area contributed by atoms with E-state index in [0.29, 0.717) is 5.92 Å². The fourth-order valence-corrected chi connectivity index (χ4v) is 3.95. The van der Waals surface area contributed by atoms with Gasteiger partial charge in [0.25, 0.3) is 5.91 Å². The van der Waals surface area contributed by atoms with Crippen LogP contribution in [0.2, 0.25) is 0 Å². The first-order valence-corrected chi connectivity index (χ1v) is 8.36. The van der Waals surface area contributed by atoms with E-state index in [-0.39, 0.29) is 23.5 Å². The van der Waals surface area contributed by atoms with Gasteiger partial charge < -0.3 is 9.64 Å². The molecule has 7 heteroatoms. The van der Waals surface area contributed by atoms with Crippen molar-refractivity contribution in [1.29, 1.82) is 0 Å². The largest absolute Gasteiger partial charge is 0.417 e. The lowest BCUT2D eigenvalue weighted by atomic mass is 9.81. The van der Waals surface area contributed by atoms with Gasteiger partial charge in [0.2, 0.25) is 5.88 Å². The third kappa shape index (κ3) is 3.48. The first kappa shape index (κ1) is 16.2. The van der Waals surface area contributed by atoms with E-state index in [9.17, 15) is 13.6 Å². The quantitative estimate of drug-likeness (QED) is 0.856. The Morgan fingerprint density at radius 2 is 1.96 bits per heavy atom. The number of aromatic nitrogens is 2. The summed E-state index contributed by atoms with van der Waals surface area (Å²) in [4.78, 5) is 14.8. The summed E-state index contributed by atoms with van der Waals surface area (Å²) in [6, 6.07) is 1.58. The minimum absolute atomic E-state index is 0.0848. The molecule has 1 aromatic rings. The molecule has 0 bridgehead atoms. The Kier molecular flexibility index (Phi) is 4.82. The van der Waals surface area contributed by atoms with E-state index in [4.69, 9.17) is 0 Å². The predicted octanol–water partition coefficient (Wildman–Crippen LogP) is 3.21. The van der Waals surface area contributed by atoms with Crippen LogP contribution in [0.4, 0.5) is 8.78 Å². The fraction of sp³-hybridized carbons (Fsp3) is 0.750. The van der Waals surface area contributed by atoms with Gasteiger partial charge in [0, 0.05) is 25.7 Å². The zero-order chi connectivity index (χ0) is 16.4. The molecule has 1 saturated heterocycles. The van der Waals surface area contributed by atoms with Crippen LogP contribution in [0.3, 0.4) is 0 Å². The molecular formula is C16H23F2N3O2. The molecule has 2 atom stereocenters. The van der Waals surface area contributed by atoms with Gasteiger partial charge >= 0.3 is 6.61 Å². The summed E-state index contributed by atoms with van der Waals surface area (Å²) in [5.74, 6) is 0.317. The highest BCUT2D eigenvalue weighted by Crippen LogP contribution is 2.35. The molecule has 1 aromatic heterocycles. The Balaban J connectivity index is 1.80. The molecule has 3 rings (SSSR count). The van der Waals surface area contributed by atoms with Gasteiger partial charge in [-0.05, 0) is 31.6 Å². The summed E-state index contributed by atoms with van der Waals surface area (Å²) < 4.78 is 30.3. The van der Waals surface area contributed by atoms with Gasteiger partial charge in [-0.25, -0.2) is 4.68 Å². The van der Waals surface area contributed by atoms with E-state index < -0.39 is 6.61 Å². The highest BCUT2D eigenvalue weighted by molar-refractivity contribution is 5.93. The Bertz CT molecular complexity index is 562. The molecule has 0 radical (unpaired) electrons. The standard InChI is InChI=1S/C16H23F2N3O2/c1-20-14(23-16(17)18)10-12(19-20)15(22)21-9-5-4-7-11-6-2-3-8-13(11)21/h10-11,13,16H,2-9H2,1H3/t11-,13+/m1/s1. The zero-order valence-electron chi connectivity index (χ0n) is 13.4. The number of amides is 1. The van der Waals surface area contributed by atoms with Crippen LogP contribution in [0.25, 0.3) is 0 Å². The second-order valence-corrected chi connectivity index (χ2v) is 6.48. The van der Waals surface area contributed by atoms with Crippen molar-refractivity contribution in [2.75, 3.05) is 6.54 Å². The highest BCUT2D eigenvalue weighted by Gasteiger charge is 2.35. The second-order valence-electron chi connectivity index (χ2n) is 6.48. The van der Waals surface area contributed by atoms with Crippen LogP contribution in [-0.4, -0.2) is 39.8 Å². The lowest BCUT2D eigenvalue weighted by Crippen LogP contribution is -2.45. The Labute approximate surface area is 134 Å². The minimum atomic E-state index is -2.92. The molecule has 1 aliphatic heterocycles. The molecule has 128 valence electrons. The van der Waals surface area contributed by atoms with Crippen molar-refractivity contribution in [3.8, 4) is 5.88 Å². The first-order chi connectivity index (χ1) is 11.1. The molecule has 1 amide bonds. The fourth-order valence-electron chi connectivity index (χ4n) is 3.95. The topological polar surface area (TPSA) is 47.4 Å². The third-order valence-electron chi connectivity index (χ3n) is 5.02. The number of aryl methyl sites for hydroxylation is 1. The molecule has 0 spiro atoms. The normalized spacial score (nSPS) is 25.1. The number of carbonyl (C=O) groups is 1. The average molecular weight is 327 g/mol. The van der Waals surface area contributed by atoms with Crippen molar-refractivity contribution in [3.05, 3.63) is 11.8 Å². The summed E-state index contributed by atoms with van der Waals surface area (Å²) in [7, 11) is 1.50. The molecule has 1 saturated carbocycles. The number of carbonyl (C=O) groups excluding carboxylic acids is 1. The van der Waals surface area contributed by atoms with Gasteiger partial charge in [0.05, 0.1) is 0 Å². The van der Waals surface area contributed by atoms with E-state index >= 15 is 0 Å². The zero-order valence-corrected chi connectivity index (χ0v) is 13.4. The van der Waals surface area contributed by atoms with E-state index in [0.717, 1.165) is 32.2 Å². The summed E-state index contributed by atoms with van der Waals surface area (Å²) in [6.45, 7) is -2.20. The van der Waals surface area contributed by atoms with Crippen molar-refractivity contribution in [2.24, 2.45) is 13.0 Å². The molecule has 0 aromatic carbocycles. The van der Waals surface area contributed by atoms with Gasteiger partial charge in [0.15, 0.2) is 5.69 Å². The van der Waals surface area contributed by atoms with Gasteiger partial charge in [0.1, 0.15) is 0 Å². The number of ether oxygens (including phenoxy) is 1. The Morgan fingerprint density at radius 1 is 1.26 bits per heavy atom. The monoisotopic (exact) mass is 327 g/mol. The van der Waals surface area contributed by atoms with Crippen molar-refractivity contribution in [1.82, 2.24) is 14.7 Å². The van der Waals surface area contributed by atoms with Crippen LogP contribution in [0.15, 0.2) is 6.07 Å². The second kappa shape index (κ2) is 6.84. The maximum absolute atomic E-state index is 12.9. The molecule has 23 heavy (non-hydrogen) atoms. The number of hydrogen-bond acceptors (Lipinski definition) is 3. The van der Waals surface area contributed by atoms with Gasteiger partial charge in [-0.3, -0.25) is 4.79 Å². The van der Waals surface area contributed by atoms with Crippen molar-refractivity contribution in [3.63, 3.8) is 0 Å². The average Bonchev–Trinajstić information content (AvgIpc) is 2.76. The molecular weight excluding hydrogens is 304 g/mol. The first-order valence-electron chi connectivity index (χ1n) is 8.36. The van der Waals surface area contributed by atoms with Crippen molar-refractivity contribution >= 4 is 5.91 Å². The Morgan fingerprint density at radius 3 is 2.70 bits per heavy atom. The van der Waals surface area contributed by atoms with Crippen LogP contribution in [0.1, 0.15) is 55.4 Å². The number of likely N-dealkylation sites (tertiary alicyclic amines) is 1. The third-order valence-corrected chi connectivity index (χ3v) is 5.02. The number of nitrogens with zero attached hydrogens (tertiary/aromatic N) is 3.